The number of carbonyl (C=O) groups excluding carboxylic acids is 1. The maximum atomic E-state index is 10.2. The van der Waals surface area contributed by atoms with Gasteiger partial charge < -0.3 is 5.73 Å². The van der Waals surface area contributed by atoms with E-state index >= 15 is 0 Å². The Balaban J connectivity index is 0.000000209. The Morgan fingerprint density at radius 1 is 1.00 bits per heavy atom. The van der Waals surface area contributed by atoms with Gasteiger partial charge in [-0.3, -0.25) is 4.79 Å². The van der Waals surface area contributed by atoms with Crippen LogP contribution in [-0.4, -0.2) is 5.78 Å². The van der Waals surface area contributed by atoms with Gasteiger partial charge in [-0.05, 0) is 11.5 Å². The Morgan fingerprint density at radius 2 is 1.59 bits per heavy atom. The lowest BCUT2D eigenvalue weighted by Gasteiger charge is -1.98. The first-order valence-electron chi connectivity index (χ1n) is 5.94. The third-order valence-electron chi connectivity index (χ3n) is 2.61. The second-order valence-electron chi connectivity index (χ2n) is 3.81. The monoisotopic (exact) mass is 229 g/mol. The molecule has 0 fully saturated rings. The van der Waals surface area contributed by atoms with Crippen LogP contribution in [0.25, 0.3) is 10.8 Å². The Kier molecular flexibility index (Phi) is 5.21. The van der Waals surface area contributed by atoms with E-state index in [0.717, 1.165) is 11.1 Å². The van der Waals surface area contributed by atoms with Gasteiger partial charge in [0.05, 0.1) is 0 Å². The van der Waals surface area contributed by atoms with Gasteiger partial charge in [-0.15, -0.1) is 0 Å². The molecule has 0 aliphatic rings. The molecule has 2 N–H and O–H groups in total. The lowest BCUT2D eigenvalue weighted by molar-refractivity contribution is -0.118. The summed E-state index contributed by atoms with van der Waals surface area (Å²) < 4.78 is 0. The van der Waals surface area contributed by atoms with Gasteiger partial charge in [0.1, 0.15) is 5.78 Å². The normalized spacial score (nSPS) is 9.53. The number of fused-ring (bicyclic) bond motifs is 1. The lowest BCUT2D eigenvalue weighted by Crippen LogP contribution is -1.88. The van der Waals surface area contributed by atoms with Crippen molar-refractivity contribution in [3.05, 3.63) is 42.5 Å². The predicted octanol–water partition coefficient (Wildman–Crippen LogP) is 3.80. The third-order valence-corrected chi connectivity index (χ3v) is 2.61. The molecule has 2 nitrogen and oxygen atoms in total. The Hall–Kier alpha value is -1.83. The molecule has 0 saturated carbocycles. The van der Waals surface area contributed by atoms with E-state index in [0.29, 0.717) is 18.6 Å². The minimum absolute atomic E-state index is 0.343. The Bertz CT molecular complexity index is 480. The first-order chi connectivity index (χ1) is 8.19. The molecule has 0 heterocycles. The second-order valence-corrected chi connectivity index (χ2v) is 3.81. The van der Waals surface area contributed by atoms with Gasteiger partial charge in [-0.25, -0.2) is 0 Å². The highest BCUT2D eigenvalue weighted by Crippen LogP contribution is 2.19. The van der Waals surface area contributed by atoms with Crippen molar-refractivity contribution in [1.29, 1.82) is 0 Å². The van der Waals surface area contributed by atoms with E-state index in [-0.39, 0.29) is 0 Å². The van der Waals surface area contributed by atoms with Crippen molar-refractivity contribution >= 4 is 22.2 Å². The van der Waals surface area contributed by atoms with Crippen molar-refractivity contribution in [2.75, 3.05) is 5.73 Å². The summed E-state index contributed by atoms with van der Waals surface area (Å²) in [7, 11) is 0. The summed E-state index contributed by atoms with van der Waals surface area (Å²) in [5.41, 5.74) is 6.61. The van der Waals surface area contributed by atoms with Gasteiger partial charge in [-0.2, -0.15) is 0 Å². The molecule has 0 saturated heterocycles. The molecule has 2 aromatic rings. The zero-order chi connectivity index (χ0) is 12.7. The fourth-order valence-corrected chi connectivity index (χ4v) is 1.50. The molecule has 0 aromatic heterocycles. The number of hydrogen-bond acceptors (Lipinski definition) is 2. The van der Waals surface area contributed by atoms with E-state index in [4.69, 9.17) is 5.73 Å². The molecular weight excluding hydrogens is 210 g/mol. The van der Waals surface area contributed by atoms with Crippen LogP contribution in [0.5, 0.6) is 0 Å². The summed E-state index contributed by atoms with van der Waals surface area (Å²) in [5.74, 6) is 0.343. The summed E-state index contributed by atoms with van der Waals surface area (Å²) in [6.07, 6.45) is 1.38. The summed E-state index contributed by atoms with van der Waals surface area (Å²) >= 11 is 0. The topological polar surface area (TPSA) is 43.1 Å². The zero-order valence-corrected chi connectivity index (χ0v) is 10.4. The minimum atomic E-state index is 0.343. The number of Topliss-reactive ketones (excluding diaryl/α,β-unsaturated/α-hetero) is 1. The Morgan fingerprint density at radius 3 is 2.12 bits per heavy atom. The van der Waals surface area contributed by atoms with Crippen LogP contribution >= 0.6 is 0 Å². The first-order valence-corrected chi connectivity index (χ1v) is 5.94. The van der Waals surface area contributed by atoms with Crippen LogP contribution in [0.3, 0.4) is 0 Å². The van der Waals surface area contributed by atoms with E-state index < -0.39 is 0 Å². The molecule has 17 heavy (non-hydrogen) atoms. The lowest BCUT2D eigenvalue weighted by atomic mass is 10.1. The van der Waals surface area contributed by atoms with Crippen LogP contribution in [0.15, 0.2) is 42.5 Å². The molecule has 0 atom stereocenters. The standard InChI is InChI=1S/C10H9N.C5H10O/c11-10-7-3-5-8-4-1-2-6-9(8)10;1-3-5(6)4-2/h1-7H,11H2;3-4H2,1-2H3. The smallest absolute Gasteiger partial charge is 0.132 e. The van der Waals surface area contributed by atoms with Gasteiger partial charge in [0.25, 0.3) is 0 Å². The number of hydrogen-bond donors (Lipinski definition) is 1. The first kappa shape index (κ1) is 13.2. The van der Waals surface area contributed by atoms with E-state index in [1.165, 1.54) is 5.39 Å². The quantitative estimate of drug-likeness (QED) is 0.796. The van der Waals surface area contributed by atoms with Crippen LogP contribution < -0.4 is 5.73 Å². The van der Waals surface area contributed by atoms with E-state index in [9.17, 15) is 4.79 Å². The van der Waals surface area contributed by atoms with Gasteiger partial charge >= 0.3 is 0 Å². The SMILES string of the molecule is CCC(=O)CC.Nc1cccc2ccccc12. The van der Waals surface area contributed by atoms with Crippen molar-refractivity contribution in [1.82, 2.24) is 0 Å². The highest BCUT2D eigenvalue weighted by molar-refractivity contribution is 5.92. The molecular formula is C15H19NO. The summed E-state index contributed by atoms with van der Waals surface area (Å²) in [6.45, 7) is 3.76. The van der Waals surface area contributed by atoms with Crippen molar-refractivity contribution < 1.29 is 4.79 Å². The van der Waals surface area contributed by atoms with Crippen LogP contribution in [0.1, 0.15) is 26.7 Å². The number of ketones is 1. The van der Waals surface area contributed by atoms with Gasteiger partial charge in [0.15, 0.2) is 0 Å². The van der Waals surface area contributed by atoms with Crippen molar-refractivity contribution in [2.45, 2.75) is 26.7 Å². The number of benzene rings is 2. The predicted molar refractivity (Wildman–Crippen MR) is 73.9 cm³/mol. The number of rotatable bonds is 2. The van der Waals surface area contributed by atoms with Gasteiger partial charge in [0, 0.05) is 23.9 Å². The summed E-state index contributed by atoms with van der Waals surface area (Å²) in [5, 5.41) is 2.34. The maximum Gasteiger partial charge on any atom is 0.132 e. The largest absolute Gasteiger partial charge is 0.398 e. The highest BCUT2D eigenvalue weighted by atomic mass is 16.1. The molecule has 0 radical (unpaired) electrons. The summed E-state index contributed by atoms with van der Waals surface area (Å²) in [6, 6.07) is 14.1. The molecule has 2 aromatic carbocycles. The zero-order valence-electron chi connectivity index (χ0n) is 10.4. The average Bonchev–Trinajstić information content (AvgIpc) is 2.39. The van der Waals surface area contributed by atoms with Crippen LogP contribution in [0.4, 0.5) is 5.69 Å². The van der Waals surface area contributed by atoms with Crippen molar-refractivity contribution in [3.63, 3.8) is 0 Å². The molecule has 0 amide bonds. The fourth-order valence-electron chi connectivity index (χ4n) is 1.50. The average molecular weight is 229 g/mol. The van der Waals surface area contributed by atoms with Gasteiger partial charge in [0.2, 0.25) is 0 Å². The van der Waals surface area contributed by atoms with E-state index in [1.807, 2.05) is 44.2 Å². The van der Waals surface area contributed by atoms with Crippen LogP contribution in [-0.2, 0) is 4.79 Å². The molecule has 90 valence electrons. The molecule has 0 bridgehead atoms. The van der Waals surface area contributed by atoms with Crippen LogP contribution in [0.2, 0.25) is 0 Å². The minimum Gasteiger partial charge on any atom is -0.398 e. The maximum absolute atomic E-state index is 10.2. The summed E-state index contributed by atoms with van der Waals surface area (Å²) in [4.78, 5) is 10.2. The third kappa shape index (κ3) is 3.91. The van der Waals surface area contributed by atoms with E-state index in [1.54, 1.807) is 0 Å². The molecule has 2 heteroatoms. The number of anilines is 1. The molecule has 0 spiro atoms. The number of nitrogen functional groups attached to an aromatic ring is 1. The van der Waals surface area contributed by atoms with Crippen molar-refractivity contribution in [2.24, 2.45) is 0 Å². The second kappa shape index (κ2) is 6.69. The molecule has 0 aliphatic heterocycles. The van der Waals surface area contributed by atoms with E-state index in [2.05, 4.69) is 12.1 Å². The number of nitrogens with two attached hydrogens (primary N) is 1. The highest BCUT2D eigenvalue weighted by Gasteiger charge is 1.92. The number of carbonyl (C=O) groups is 1. The fraction of sp³-hybridized carbons (Fsp3) is 0.267. The molecule has 0 unspecified atom stereocenters. The van der Waals surface area contributed by atoms with Crippen molar-refractivity contribution in [3.8, 4) is 0 Å². The molecule has 2 rings (SSSR count). The van der Waals surface area contributed by atoms with Gasteiger partial charge in [-0.1, -0.05) is 50.2 Å². The Labute approximate surface area is 102 Å². The molecule has 0 aliphatic carbocycles. The van der Waals surface area contributed by atoms with Crippen LogP contribution in [0, 0.1) is 0 Å².